The standard InChI is InChI=1S/C11H19F2NO2/c1-14-10(4-6-16-8-11(12)13)9-3-2-5-15-7-9/h7,10-11,14H,2-6,8H2,1H3. The third kappa shape index (κ3) is 4.90. The van der Waals surface area contributed by atoms with Gasteiger partial charge in [0.15, 0.2) is 0 Å². The van der Waals surface area contributed by atoms with Crippen LogP contribution in [0.1, 0.15) is 19.3 Å². The molecule has 16 heavy (non-hydrogen) atoms. The normalized spacial score (nSPS) is 18.1. The highest BCUT2D eigenvalue weighted by Gasteiger charge is 2.15. The molecule has 94 valence electrons. The minimum absolute atomic E-state index is 0.165. The second kappa shape index (κ2) is 7.57. The molecule has 0 aromatic heterocycles. The molecule has 0 fully saturated rings. The van der Waals surface area contributed by atoms with Crippen LogP contribution in [0.15, 0.2) is 11.8 Å². The molecule has 1 N–H and O–H groups in total. The van der Waals surface area contributed by atoms with Crippen molar-refractivity contribution in [2.45, 2.75) is 31.7 Å². The first-order valence-corrected chi connectivity index (χ1v) is 5.57. The van der Waals surface area contributed by atoms with Crippen molar-refractivity contribution >= 4 is 0 Å². The van der Waals surface area contributed by atoms with Gasteiger partial charge in [0.05, 0.1) is 12.9 Å². The summed E-state index contributed by atoms with van der Waals surface area (Å²) in [4.78, 5) is 0. The molecule has 0 bridgehead atoms. The molecule has 5 heteroatoms. The number of halogens is 2. The van der Waals surface area contributed by atoms with Crippen molar-refractivity contribution in [3.05, 3.63) is 11.8 Å². The zero-order chi connectivity index (χ0) is 11.8. The van der Waals surface area contributed by atoms with E-state index in [9.17, 15) is 8.78 Å². The smallest absolute Gasteiger partial charge is 0.261 e. The fourth-order valence-electron chi connectivity index (χ4n) is 1.73. The van der Waals surface area contributed by atoms with Crippen molar-refractivity contribution in [2.24, 2.45) is 0 Å². The van der Waals surface area contributed by atoms with Gasteiger partial charge in [-0.05, 0) is 31.9 Å². The molecule has 0 spiro atoms. The maximum atomic E-state index is 11.8. The third-order valence-electron chi connectivity index (χ3n) is 2.55. The second-order valence-corrected chi connectivity index (χ2v) is 3.76. The Balaban J connectivity index is 2.23. The van der Waals surface area contributed by atoms with E-state index in [0.29, 0.717) is 13.0 Å². The zero-order valence-corrected chi connectivity index (χ0v) is 9.55. The number of hydrogen-bond acceptors (Lipinski definition) is 3. The highest BCUT2D eigenvalue weighted by atomic mass is 19.3. The van der Waals surface area contributed by atoms with Crippen molar-refractivity contribution in [1.82, 2.24) is 5.32 Å². The quantitative estimate of drug-likeness (QED) is 0.684. The molecule has 1 unspecified atom stereocenters. The summed E-state index contributed by atoms with van der Waals surface area (Å²) in [5, 5.41) is 3.14. The van der Waals surface area contributed by atoms with Gasteiger partial charge < -0.3 is 14.8 Å². The van der Waals surface area contributed by atoms with E-state index in [1.54, 1.807) is 6.26 Å². The number of nitrogens with one attached hydrogen (secondary N) is 1. The molecule has 0 saturated heterocycles. The Kier molecular flexibility index (Phi) is 6.33. The first-order valence-electron chi connectivity index (χ1n) is 5.57. The molecule has 1 aliphatic rings. The van der Waals surface area contributed by atoms with E-state index < -0.39 is 13.0 Å². The van der Waals surface area contributed by atoms with Crippen LogP contribution in [0.4, 0.5) is 8.78 Å². The van der Waals surface area contributed by atoms with Crippen LogP contribution in [0, 0.1) is 0 Å². The SMILES string of the molecule is CNC(CCOCC(F)F)C1=COCCC1. The van der Waals surface area contributed by atoms with E-state index in [1.807, 2.05) is 7.05 Å². The summed E-state index contributed by atoms with van der Waals surface area (Å²) >= 11 is 0. The van der Waals surface area contributed by atoms with Crippen molar-refractivity contribution in [1.29, 1.82) is 0 Å². The average Bonchev–Trinajstić information content (AvgIpc) is 2.30. The maximum Gasteiger partial charge on any atom is 0.261 e. The molecular weight excluding hydrogens is 216 g/mol. The van der Waals surface area contributed by atoms with Crippen LogP contribution in [-0.4, -0.2) is 39.3 Å². The molecule has 1 atom stereocenters. The zero-order valence-electron chi connectivity index (χ0n) is 9.55. The van der Waals surface area contributed by atoms with Gasteiger partial charge in [0, 0.05) is 12.6 Å². The van der Waals surface area contributed by atoms with Gasteiger partial charge in [0.2, 0.25) is 0 Å². The van der Waals surface area contributed by atoms with Crippen LogP contribution in [0.25, 0.3) is 0 Å². The lowest BCUT2D eigenvalue weighted by Gasteiger charge is -2.22. The highest BCUT2D eigenvalue weighted by molar-refractivity contribution is 5.09. The molecule has 0 amide bonds. The van der Waals surface area contributed by atoms with Crippen LogP contribution in [-0.2, 0) is 9.47 Å². The van der Waals surface area contributed by atoms with Crippen molar-refractivity contribution < 1.29 is 18.3 Å². The Labute approximate surface area is 94.8 Å². The Bertz CT molecular complexity index is 222. The molecule has 1 aliphatic heterocycles. The summed E-state index contributed by atoms with van der Waals surface area (Å²) in [6, 6.07) is 0.165. The van der Waals surface area contributed by atoms with Crippen LogP contribution in [0.5, 0.6) is 0 Å². The lowest BCUT2D eigenvalue weighted by molar-refractivity contribution is 0.0151. The first-order chi connectivity index (χ1) is 7.74. The van der Waals surface area contributed by atoms with Gasteiger partial charge in [-0.2, -0.15) is 0 Å². The van der Waals surface area contributed by atoms with E-state index in [2.05, 4.69) is 5.32 Å². The van der Waals surface area contributed by atoms with Crippen molar-refractivity contribution in [3.63, 3.8) is 0 Å². The largest absolute Gasteiger partial charge is 0.501 e. The van der Waals surface area contributed by atoms with E-state index >= 15 is 0 Å². The summed E-state index contributed by atoms with van der Waals surface area (Å²) in [6.45, 7) is 0.626. The summed E-state index contributed by atoms with van der Waals surface area (Å²) in [5.41, 5.74) is 1.19. The van der Waals surface area contributed by atoms with Gasteiger partial charge in [0.25, 0.3) is 6.43 Å². The van der Waals surface area contributed by atoms with Gasteiger partial charge >= 0.3 is 0 Å². The highest BCUT2D eigenvalue weighted by Crippen LogP contribution is 2.17. The van der Waals surface area contributed by atoms with Gasteiger partial charge in [-0.15, -0.1) is 0 Å². The summed E-state index contributed by atoms with van der Waals surface area (Å²) < 4.78 is 33.8. The van der Waals surface area contributed by atoms with Crippen molar-refractivity contribution in [2.75, 3.05) is 26.9 Å². The van der Waals surface area contributed by atoms with Gasteiger partial charge in [-0.1, -0.05) is 0 Å². The molecule has 0 aromatic carbocycles. The van der Waals surface area contributed by atoms with Crippen LogP contribution in [0.3, 0.4) is 0 Å². The van der Waals surface area contributed by atoms with Crippen LogP contribution in [0.2, 0.25) is 0 Å². The first kappa shape index (κ1) is 13.4. The Morgan fingerprint density at radius 2 is 2.38 bits per heavy atom. The third-order valence-corrected chi connectivity index (χ3v) is 2.55. The van der Waals surface area contributed by atoms with Crippen LogP contribution < -0.4 is 5.32 Å². The maximum absolute atomic E-state index is 11.8. The fourth-order valence-corrected chi connectivity index (χ4v) is 1.73. The number of hydrogen-bond donors (Lipinski definition) is 1. The van der Waals surface area contributed by atoms with Crippen molar-refractivity contribution in [3.8, 4) is 0 Å². The number of ether oxygens (including phenoxy) is 2. The lowest BCUT2D eigenvalue weighted by Crippen LogP contribution is -2.30. The molecule has 0 radical (unpaired) electrons. The minimum Gasteiger partial charge on any atom is -0.501 e. The number of alkyl halides is 2. The Hall–Kier alpha value is -0.680. The second-order valence-electron chi connectivity index (χ2n) is 3.76. The van der Waals surface area contributed by atoms with Gasteiger partial charge in [-0.25, -0.2) is 8.78 Å². The molecular formula is C11H19F2NO2. The van der Waals surface area contributed by atoms with Gasteiger partial charge in [0.1, 0.15) is 6.61 Å². The van der Waals surface area contributed by atoms with E-state index in [0.717, 1.165) is 19.4 Å². The van der Waals surface area contributed by atoms with E-state index in [-0.39, 0.29) is 6.04 Å². The summed E-state index contributed by atoms with van der Waals surface area (Å²) in [7, 11) is 1.85. The van der Waals surface area contributed by atoms with Gasteiger partial charge in [-0.3, -0.25) is 0 Å². The average molecular weight is 235 g/mol. The monoisotopic (exact) mass is 235 g/mol. The molecule has 1 heterocycles. The summed E-state index contributed by atoms with van der Waals surface area (Å²) in [5.74, 6) is 0. The van der Waals surface area contributed by atoms with E-state index in [4.69, 9.17) is 9.47 Å². The predicted molar refractivity (Wildman–Crippen MR) is 57.6 cm³/mol. The molecule has 0 aromatic rings. The number of likely N-dealkylation sites (N-methyl/N-ethyl adjacent to an activating group) is 1. The summed E-state index contributed by atoms with van der Waals surface area (Å²) in [6.07, 6.45) is 2.10. The molecule has 0 aliphatic carbocycles. The predicted octanol–water partition coefficient (Wildman–Crippen LogP) is 1.94. The minimum atomic E-state index is -2.38. The van der Waals surface area contributed by atoms with E-state index in [1.165, 1.54) is 5.57 Å². The Morgan fingerprint density at radius 3 is 2.94 bits per heavy atom. The number of rotatable bonds is 7. The van der Waals surface area contributed by atoms with Crippen LogP contribution >= 0.6 is 0 Å². The fraction of sp³-hybridized carbons (Fsp3) is 0.818. The topological polar surface area (TPSA) is 30.5 Å². The molecule has 3 nitrogen and oxygen atoms in total. The molecule has 1 rings (SSSR count). The molecule has 0 saturated carbocycles. The lowest BCUT2D eigenvalue weighted by atomic mass is 10.00. The Morgan fingerprint density at radius 1 is 1.56 bits per heavy atom.